The van der Waals surface area contributed by atoms with E-state index in [1.807, 2.05) is 24.3 Å². The molecular formula is C13H19NO3. The van der Waals surface area contributed by atoms with Gasteiger partial charge in [0, 0.05) is 6.04 Å². The van der Waals surface area contributed by atoms with Gasteiger partial charge in [-0.1, -0.05) is 12.1 Å². The Kier molecular flexibility index (Phi) is 4.12. The van der Waals surface area contributed by atoms with Gasteiger partial charge in [0.2, 0.25) is 0 Å². The van der Waals surface area contributed by atoms with Crippen molar-refractivity contribution >= 4 is 5.97 Å². The molecule has 2 N–H and O–H groups in total. The van der Waals surface area contributed by atoms with Crippen LogP contribution in [0.25, 0.3) is 0 Å². The Morgan fingerprint density at radius 2 is 1.76 bits per heavy atom. The molecular weight excluding hydrogens is 218 g/mol. The number of carbonyl (C=O) groups is 1. The molecule has 17 heavy (non-hydrogen) atoms. The topological polar surface area (TPSA) is 61.5 Å². The van der Waals surface area contributed by atoms with Gasteiger partial charge >= 0.3 is 5.97 Å². The van der Waals surface area contributed by atoms with E-state index in [9.17, 15) is 4.79 Å². The van der Waals surface area contributed by atoms with Gasteiger partial charge in [-0.05, 0) is 31.5 Å². The van der Waals surface area contributed by atoms with Crippen LogP contribution in [0, 0.1) is 5.41 Å². The zero-order valence-corrected chi connectivity index (χ0v) is 10.7. The largest absolute Gasteiger partial charge is 0.497 e. The Morgan fingerprint density at radius 1 is 1.24 bits per heavy atom. The van der Waals surface area contributed by atoms with Gasteiger partial charge in [-0.3, -0.25) is 4.79 Å². The highest BCUT2D eigenvalue weighted by molar-refractivity contribution is 5.77. The smallest absolute Gasteiger partial charge is 0.313 e. The van der Waals surface area contributed by atoms with Gasteiger partial charge in [-0.15, -0.1) is 0 Å². The molecule has 0 saturated heterocycles. The van der Waals surface area contributed by atoms with E-state index in [2.05, 4.69) is 0 Å². The predicted octanol–water partition coefficient (Wildman–Crippen LogP) is 1.89. The summed E-state index contributed by atoms with van der Waals surface area (Å²) >= 11 is 0. The molecule has 1 rings (SSSR count). The zero-order chi connectivity index (χ0) is 13.1. The molecule has 94 valence electrons. The lowest BCUT2D eigenvalue weighted by atomic mass is 9.81. The van der Waals surface area contributed by atoms with Crippen LogP contribution in [0.1, 0.15) is 25.5 Å². The van der Waals surface area contributed by atoms with E-state index < -0.39 is 11.5 Å². The lowest BCUT2D eigenvalue weighted by Crippen LogP contribution is -2.37. The quantitative estimate of drug-likeness (QED) is 0.812. The van der Waals surface area contributed by atoms with Gasteiger partial charge in [0.1, 0.15) is 5.75 Å². The first-order valence-electron chi connectivity index (χ1n) is 5.41. The third-order valence-corrected chi connectivity index (χ3v) is 2.96. The molecule has 0 radical (unpaired) electrons. The fraction of sp³-hybridized carbons (Fsp3) is 0.462. The molecule has 0 aromatic heterocycles. The SMILES string of the molecule is COC(=O)C(C)(C)C(N)c1ccc(OC)cc1. The number of methoxy groups -OCH3 is 2. The number of rotatable bonds is 4. The number of ether oxygens (including phenoxy) is 2. The highest BCUT2D eigenvalue weighted by Gasteiger charge is 2.36. The van der Waals surface area contributed by atoms with Crippen LogP contribution in [-0.2, 0) is 9.53 Å². The molecule has 4 nitrogen and oxygen atoms in total. The van der Waals surface area contributed by atoms with Crippen LogP contribution in [0.2, 0.25) is 0 Å². The molecule has 0 amide bonds. The minimum absolute atomic E-state index is 0.319. The van der Waals surface area contributed by atoms with E-state index in [4.69, 9.17) is 15.2 Å². The molecule has 0 fully saturated rings. The van der Waals surface area contributed by atoms with E-state index in [0.29, 0.717) is 0 Å². The minimum Gasteiger partial charge on any atom is -0.497 e. The number of hydrogen-bond donors (Lipinski definition) is 1. The monoisotopic (exact) mass is 237 g/mol. The first-order chi connectivity index (χ1) is 7.93. The summed E-state index contributed by atoms with van der Waals surface area (Å²) in [4.78, 5) is 11.6. The highest BCUT2D eigenvalue weighted by Crippen LogP contribution is 2.33. The van der Waals surface area contributed by atoms with Gasteiger partial charge in [0.25, 0.3) is 0 Å². The van der Waals surface area contributed by atoms with Gasteiger partial charge in [-0.25, -0.2) is 0 Å². The second-order valence-electron chi connectivity index (χ2n) is 4.46. The van der Waals surface area contributed by atoms with Crippen LogP contribution in [0.15, 0.2) is 24.3 Å². The molecule has 0 spiro atoms. The maximum absolute atomic E-state index is 11.6. The van der Waals surface area contributed by atoms with Gasteiger partial charge in [-0.2, -0.15) is 0 Å². The van der Waals surface area contributed by atoms with Gasteiger partial charge < -0.3 is 15.2 Å². The van der Waals surface area contributed by atoms with Gasteiger partial charge in [0.05, 0.1) is 19.6 Å². The number of benzene rings is 1. The van der Waals surface area contributed by atoms with Gasteiger partial charge in [0.15, 0.2) is 0 Å². The van der Waals surface area contributed by atoms with Crippen molar-refractivity contribution in [2.45, 2.75) is 19.9 Å². The standard InChI is InChI=1S/C13H19NO3/c1-13(2,12(15)17-4)11(14)9-5-7-10(16-3)8-6-9/h5-8,11H,14H2,1-4H3. The summed E-state index contributed by atoms with van der Waals surface area (Å²) in [5, 5.41) is 0. The molecule has 1 atom stereocenters. The molecule has 1 aromatic carbocycles. The van der Waals surface area contributed by atoms with Crippen molar-refractivity contribution in [1.82, 2.24) is 0 Å². The molecule has 0 aliphatic rings. The van der Waals surface area contributed by atoms with Crippen LogP contribution < -0.4 is 10.5 Å². The molecule has 0 aliphatic carbocycles. The van der Waals surface area contributed by atoms with E-state index in [1.165, 1.54) is 7.11 Å². The number of carbonyl (C=O) groups excluding carboxylic acids is 1. The number of esters is 1. The third-order valence-electron chi connectivity index (χ3n) is 2.96. The van der Waals surface area contributed by atoms with Crippen molar-refractivity contribution in [3.05, 3.63) is 29.8 Å². The molecule has 0 bridgehead atoms. The fourth-order valence-electron chi connectivity index (χ4n) is 1.62. The molecule has 0 heterocycles. The Morgan fingerprint density at radius 3 is 2.18 bits per heavy atom. The van der Waals surface area contributed by atoms with E-state index in [1.54, 1.807) is 21.0 Å². The van der Waals surface area contributed by atoms with Crippen LogP contribution in [0.4, 0.5) is 0 Å². The minimum atomic E-state index is -0.761. The third kappa shape index (κ3) is 2.77. The Hall–Kier alpha value is -1.55. The summed E-state index contributed by atoms with van der Waals surface area (Å²) in [6, 6.07) is 6.94. The molecule has 0 aliphatic heterocycles. The van der Waals surface area contributed by atoms with Crippen molar-refractivity contribution < 1.29 is 14.3 Å². The average molecular weight is 237 g/mol. The average Bonchev–Trinajstić information content (AvgIpc) is 2.36. The second kappa shape index (κ2) is 5.19. The predicted molar refractivity (Wildman–Crippen MR) is 65.7 cm³/mol. The summed E-state index contributed by atoms with van der Waals surface area (Å²) in [5.41, 5.74) is 6.21. The van der Waals surface area contributed by atoms with E-state index >= 15 is 0 Å². The Balaban J connectivity index is 2.95. The normalized spacial score (nSPS) is 13.0. The Labute approximate surface area is 102 Å². The van der Waals surface area contributed by atoms with Crippen LogP contribution in [0.5, 0.6) is 5.75 Å². The molecule has 4 heteroatoms. The first-order valence-corrected chi connectivity index (χ1v) is 5.41. The lowest BCUT2D eigenvalue weighted by molar-refractivity contribution is -0.152. The maximum atomic E-state index is 11.6. The lowest BCUT2D eigenvalue weighted by Gasteiger charge is -2.28. The Bertz CT molecular complexity index is 384. The van der Waals surface area contributed by atoms with Crippen LogP contribution in [0.3, 0.4) is 0 Å². The van der Waals surface area contributed by atoms with Crippen molar-refractivity contribution in [3.63, 3.8) is 0 Å². The van der Waals surface area contributed by atoms with Crippen molar-refractivity contribution in [2.24, 2.45) is 11.1 Å². The first kappa shape index (κ1) is 13.5. The van der Waals surface area contributed by atoms with E-state index in [0.717, 1.165) is 11.3 Å². The summed E-state index contributed by atoms with van der Waals surface area (Å²) < 4.78 is 9.83. The van der Waals surface area contributed by atoms with Crippen molar-refractivity contribution in [1.29, 1.82) is 0 Å². The highest BCUT2D eigenvalue weighted by atomic mass is 16.5. The van der Waals surface area contributed by atoms with Crippen molar-refractivity contribution in [2.75, 3.05) is 14.2 Å². The maximum Gasteiger partial charge on any atom is 0.313 e. The molecule has 1 unspecified atom stereocenters. The van der Waals surface area contributed by atoms with Crippen molar-refractivity contribution in [3.8, 4) is 5.75 Å². The number of hydrogen-bond acceptors (Lipinski definition) is 4. The summed E-state index contributed by atoms with van der Waals surface area (Å²) in [7, 11) is 2.97. The summed E-state index contributed by atoms with van der Waals surface area (Å²) in [6.07, 6.45) is 0. The molecule has 1 aromatic rings. The van der Waals surface area contributed by atoms with E-state index in [-0.39, 0.29) is 5.97 Å². The van der Waals surface area contributed by atoms with Crippen LogP contribution >= 0.6 is 0 Å². The summed E-state index contributed by atoms with van der Waals surface area (Å²) in [5.74, 6) is 0.442. The summed E-state index contributed by atoms with van der Waals surface area (Å²) in [6.45, 7) is 3.54. The second-order valence-corrected chi connectivity index (χ2v) is 4.46. The zero-order valence-electron chi connectivity index (χ0n) is 10.7. The fourth-order valence-corrected chi connectivity index (χ4v) is 1.62. The molecule has 0 saturated carbocycles. The van der Waals surface area contributed by atoms with Crippen LogP contribution in [-0.4, -0.2) is 20.2 Å². The number of nitrogens with two attached hydrogens (primary N) is 1.